The van der Waals surface area contributed by atoms with Gasteiger partial charge in [0.25, 0.3) is 0 Å². The topological polar surface area (TPSA) is 46.3 Å². The number of nitrogens with zero attached hydrogens (tertiary/aromatic N) is 1. The average Bonchev–Trinajstić information content (AvgIpc) is 3.21. The van der Waals surface area contributed by atoms with Crippen molar-refractivity contribution >= 4 is 23.1 Å². The van der Waals surface area contributed by atoms with E-state index in [0.717, 1.165) is 31.4 Å². The molecule has 2 rings (SSSR count). The zero-order valence-electron chi connectivity index (χ0n) is 11.2. The summed E-state index contributed by atoms with van der Waals surface area (Å²) in [6.45, 7) is 2.87. The molecule has 4 heteroatoms. The molecule has 3 nitrogen and oxygen atoms in total. The van der Waals surface area contributed by atoms with Gasteiger partial charge in [0.15, 0.2) is 0 Å². The number of rotatable bonds is 6. The zero-order valence-corrected chi connectivity index (χ0v) is 12.0. The molecular formula is C15H20N2OS. The van der Waals surface area contributed by atoms with Crippen molar-refractivity contribution in [2.75, 3.05) is 6.54 Å². The minimum atomic E-state index is -0.483. The molecule has 1 amide bonds. The number of carbonyl (C=O) groups is 1. The Morgan fingerprint density at radius 3 is 2.53 bits per heavy atom. The second kappa shape index (κ2) is 6.15. The van der Waals surface area contributed by atoms with Crippen LogP contribution < -0.4 is 5.73 Å². The van der Waals surface area contributed by atoms with E-state index in [2.05, 4.69) is 6.92 Å². The van der Waals surface area contributed by atoms with Crippen LogP contribution in [0, 0.1) is 0 Å². The van der Waals surface area contributed by atoms with Crippen LogP contribution in [0.25, 0.3) is 0 Å². The van der Waals surface area contributed by atoms with Gasteiger partial charge >= 0.3 is 0 Å². The quantitative estimate of drug-likeness (QED) is 0.812. The Hall–Kier alpha value is -1.42. The number of carbonyl (C=O) groups excluding carboxylic acids is 1. The Bertz CT molecular complexity index is 456. The number of amides is 1. The highest BCUT2D eigenvalue weighted by molar-refractivity contribution is 7.80. The smallest absolute Gasteiger partial charge is 0.237 e. The highest BCUT2D eigenvalue weighted by atomic mass is 32.1. The van der Waals surface area contributed by atoms with Gasteiger partial charge in [0.2, 0.25) is 5.91 Å². The standard InChI is InChI=1S/C15H20N2OS/c1-2-10-17(12-8-9-12)15(18)13(14(16)19)11-6-4-3-5-7-11/h3-7,12-13H,2,8-10H2,1H3,(H2,16,19). The molecule has 19 heavy (non-hydrogen) atoms. The van der Waals surface area contributed by atoms with Crippen molar-refractivity contribution in [1.82, 2.24) is 4.90 Å². The fraction of sp³-hybridized carbons (Fsp3) is 0.467. The maximum atomic E-state index is 12.7. The first kappa shape index (κ1) is 14.0. The molecule has 0 radical (unpaired) electrons. The normalized spacial score (nSPS) is 15.8. The lowest BCUT2D eigenvalue weighted by molar-refractivity contribution is -0.131. The van der Waals surface area contributed by atoms with Crippen LogP contribution in [0.4, 0.5) is 0 Å². The van der Waals surface area contributed by atoms with E-state index in [1.54, 1.807) is 0 Å². The summed E-state index contributed by atoms with van der Waals surface area (Å²) in [7, 11) is 0. The van der Waals surface area contributed by atoms with Crippen LogP contribution in [-0.2, 0) is 4.79 Å². The molecule has 1 fully saturated rings. The SMILES string of the molecule is CCCN(C(=O)C(C(N)=S)c1ccccc1)C1CC1. The number of hydrogen-bond donors (Lipinski definition) is 1. The third-order valence-corrected chi connectivity index (χ3v) is 3.64. The summed E-state index contributed by atoms with van der Waals surface area (Å²) in [6, 6.07) is 9.98. The number of hydrogen-bond acceptors (Lipinski definition) is 2. The lowest BCUT2D eigenvalue weighted by Crippen LogP contribution is -2.41. The van der Waals surface area contributed by atoms with E-state index in [4.69, 9.17) is 18.0 Å². The van der Waals surface area contributed by atoms with E-state index in [1.807, 2.05) is 35.2 Å². The molecule has 0 saturated heterocycles. The van der Waals surface area contributed by atoms with Crippen molar-refractivity contribution in [2.24, 2.45) is 5.73 Å². The maximum absolute atomic E-state index is 12.7. The zero-order chi connectivity index (χ0) is 13.8. The van der Waals surface area contributed by atoms with Gasteiger partial charge in [0, 0.05) is 12.6 Å². The lowest BCUT2D eigenvalue weighted by Gasteiger charge is -2.27. The van der Waals surface area contributed by atoms with Gasteiger partial charge in [-0.3, -0.25) is 4.79 Å². The minimum Gasteiger partial charge on any atom is -0.392 e. The molecular weight excluding hydrogens is 256 g/mol. The molecule has 1 saturated carbocycles. The molecule has 1 aliphatic carbocycles. The van der Waals surface area contributed by atoms with Crippen molar-refractivity contribution in [3.05, 3.63) is 35.9 Å². The lowest BCUT2D eigenvalue weighted by atomic mass is 9.97. The molecule has 0 spiro atoms. The van der Waals surface area contributed by atoms with E-state index in [1.165, 1.54) is 0 Å². The highest BCUT2D eigenvalue weighted by Crippen LogP contribution is 2.30. The van der Waals surface area contributed by atoms with Crippen LogP contribution in [0.5, 0.6) is 0 Å². The molecule has 0 aromatic heterocycles. The summed E-state index contributed by atoms with van der Waals surface area (Å²) in [5.41, 5.74) is 6.70. The molecule has 1 atom stereocenters. The largest absolute Gasteiger partial charge is 0.392 e. The van der Waals surface area contributed by atoms with Crippen molar-refractivity contribution in [3.8, 4) is 0 Å². The Kier molecular flexibility index (Phi) is 4.53. The van der Waals surface area contributed by atoms with E-state index < -0.39 is 5.92 Å². The summed E-state index contributed by atoms with van der Waals surface area (Å²) < 4.78 is 0. The molecule has 0 aliphatic heterocycles. The van der Waals surface area contributed by atoms with Crippen molar-refractivity contribution in [1.29, 1.82) is 0 Å². The first-order valence-electron chi connectivity index (χ1n) is 6.80. The minimum absolute atomic E-state index is 0.0584. The second-order valence-corrected chi connectivity index (χ2v) is 5.48. The van der Waals surface area contributed by atoms with Gasteiger partial charge < -0.3 is 10.6 Å². The van der Waals surface area contributed by atoms with E-state index in [9.17, 15) is 4.79 Å². The Morgan fingerprint density at radius 1 is 1.42 bits per heavy atom. The molecule has 1 aromatic carbocycles. The van der Waals surface area contributed by atoms with Gasteiger partial charge in [-0.05, 0) is 24.8 Å². The van der Waals surface area contributed by atoms with Gasteiger partial charge in [-0.1, -0.05) is 49.5 Å². The van der Waals surface area contributed by atoms with Gasteiger partial charge in [-0.25, -0.2) is 0 Å². The predicted octanol–water partition coefficient (Wildman–Crippen LogP) is 2.46. The first-order valence-corrected chi connectivity index (χ1v) is 7.20. The van der Waals surface area contributed by atoms with Gasteiger partial charge in [0.05, 0.1) is 4.99 Å². The van der Waals surface area contributed by atoms with Crippen LogP contribution in [0.1, 0.15) is 37.7 Å². The average molecular weight is 276 g/mol. The summed E-state index contributed by atoms with van der Waals surface area (Å²) in [6.07, 6.45) is 3.16. The third-order valence-electron chi connectivity index (χ3n) is 3.40. The molecule has 0 heterocycles. The summed E-state index contributed by atoms with van der Waals surface area (Å²) >= 11 is 5.12. The van der Waals surface area contributed by atoms with Crippen LogP contribution in [0.3, 0.4) is 0 Å². The summed E-state index contributed by atoms with van der Waals surface area (Å²) in [5, 5.41) is 0. The van der Waals surface area contributed by atoms with Crippen LogP contribution in [0.15, 0.2) is 30.3 Å². The molecule has 2 N–H and O–H groups in total. The maximum Gasteiger partial charge on any atom is 0.237 e. The highest BCUT2D eigenvalue weighted by Gasteiger charge is 2.36. The Morgan fingerprint density at radius 2 is 2.05 bits per heavy atom. The number of nitrogens with two attached hydrogens (primary N) is 1. The summed E-state index contributed by atoms with van der Waals surface area (Å²) in [4.78, 5) is 14.9. The third kappa shape index (κ3) is 3.32. The van der Waals surface area contributed by atoms with Crippen molar-refractivity contribution < 1.29 is 4.79 Å². The molecule has 102 valence electrons. The van der Waals surface area contributed by atoms with E-state index >= 15 is 0 Å². The second-order valence-electron chi connectivity index (χ2n) is 5.01. The van der Waals surface area contributed by atoms with Crippen molar-refractivity contribution in [2.45, 2.75) is 38.1 Å². The molecule has 1 aromatic rings. The summed E-state index contributed by atoms with van der Waals surface area (Å²) in [5.74, 6) is -0.425. The first-order chi connectivity index (χ1) is 9.15. The fourth-order valence-corrected chi connectivity index (χ4v) is 2.58. The molecule has 1 aliphatic rings. The van der Waals surface area contributed by atoms with Gasteiger partial charge in [-0.2, -0.15) is 0 Å². The fourth-order valence-electron chi connectivity index (χ4n) is 2.34. The van der Waals surface area contributed by atoms with Crippen LogP contribution in [-0.4, -0.2) is 28.4 Å². The van der Waals surface area contributed by atoms with Gasteiger partial charge in [-0.15, -0.1) is 0 Å². The van der Waals surface area contributed by atoms with Crippen LogP contribution in [0.2, 0.25) is 0 Å². The molecule has 0 bridgehead atoms. The number of thiocarbonyl (C=S) groups is 1. The Balaban J connectivity index is 2.23. The predicted molar refractivity (Wildman–Crippen MR) is 81.0 cm³/mol. The Labute approximate surface area is 119 Å². The van der Waals surface area contributed by atoms with E-state index in [0.29, 0.717) is 6.04 Å². The van der Waals surface area contributed by atoms with Gasteiger partial charge in [0.1, 0.15) is 5.92 Å². The van der Waals surface area contributed by atoms with Crippen LogP contribution >= 0.6 is 12.2 Å². The van der Waals surface area contributed by atoms with Crippen molar-refractivity contribution in [3.63, 3.8) is 0 Å². The monoisotopic (exact) mass is 276 g/mol. The number of benzene rings is 1. The molecule has 1 unspecified atom stereocenters. The van der Waals surface area contributed by atoms with E-state index in [-0.39, 0.29) is 10.9 Å².